The van der Waals surface area contributed by atoms with E-state index in [-0.39, 0.29) is 17.7 Å². The highest BCUT2D eigenvalue weighted by Gasteiger charge is 2.20. The van der Waals surface area contributed by atoms with Gasteiger partial charge >= 0.3 is 0 Å². The molecule has 0 aliphatic heterocycles. The summed E-state index contributed by atoms with van der Waals surface area (Å²) in [6.07, 6.45) is 4.64. The van der Waals surface area contributed by atoms with E-state index in [1.54, 1.807) is 6.07 Å². The maximum atomic E-state index is 11.3. The number of hydrogen-bond acceptors (Lipinski definition) is 3. The molecule has 0 saturated carbocycles. The van der Waals surface area contributed by atoms with Gasteiger partial charge in [-0.05, 0) is 31.2 Å². The summed E-state index contributed by atoms with van der Waals surface area (Å²) < 4.78 is 0. The minimum Gasteiger partial charge on any atom is -0.392 e. The summed E-state index contributed by atoms with van der Waals surface area (Å²) >= 11 is 0. The van der Waals surface area contributed by atoms with Crippen molar-refractivity contribution in [1.82, 2.24) is 10.3 Å². The van der Waals surface area contributed by atoms with Crippen molar-refractivity contribution in [3.8, 4) is 0 Å². The standard InChI is InChI=1S/C14H22N2O2/c1-2-4-10(17)9-15-12-5-3-6-13-11(12)7-8-14(18)16-13/h7-8,10,12,15,17H,2-6,9H2,1H3,(H,16,18). The maximum Gasteiger partial charge on any atom is 0.248 e. The van der Waals surface area contributed by atoms with Gasteiger partial charge in [0.05, 0.1) is 6.10 Å². The Labute approximate surface area is 107 Å². The maximum absolute atomic E-state index is 11.3. The van der Waals surface area contributed by atoms with Gasteiger partial charge in [-0.2, -0.15) is 0 Å². The van der Waals surface area contributed by atoms with E-state index in [4.69, 9.17) is 0 Å². The van der Waals surface area contributed by atoms with Crippen LogP contribution in [-0.2, 0) is 6.42 Å². The molecule has 100 valence electrons. The van der Waals surface area contributed by atoms with E-state index in [1.807, 2.05) is 6.07 Å². The third kappa shape index (κ3) is 3.21. The second-order valence-corrected chi connectivity index (χ2v) is 5.05. The lowest BCUT2D eigenvalue weighted by molar-refractivity contribution is 0.155. The smallest absolute Gasteiger partial charge is 0.248 e. The molecule has 1 aromatic rings. The Balaban J connectivity index is 2.01. The van der Waals surface area contributed by atoms with E-state index in [0.717, 1.165) is 37.8 Å². The van der Waals surface area contributed by atoms with Crippen molar-refractivity contribution >= 4 is 0 Å². The van der Waals surface area contributed by atoms with Crippen molar-refractivity contribution in [1.29, 1.82) is 0 Å². The Bertz CT molecular complexity index is 442. The third-order valence-corrected chi connectivity index (χ3v) is 3.55. The average Bonchev–Trinajstić information content (AvgIpc) is 2.36. The van der Waals surface area contributed by atoms with Crippen LogP contribution in [0, 0.1) is 0 Å². The molecule has 0 saturated heterocycles. The summed E-state index contributed by atoms with van der Waals surface area (Å²) in [5, 5.41) is 13.2. The van der Waals surface area contributed by atoms with Crippen molar-refractivity contribution in [3.63, 3.8) is 0 Å². The van der Waals surface area contributed by atoms with Gasteiger partial charge in [0.1, 0.15) is 0 Å². The fraction of sp³-hybridized carbons (Fsp3) is 0.643. The van der Waals surface area contributed by atoms with Crippen LogP contribution >= 0.6 is 0 Å². The van der Waals surface area contributed by atoms with Crippen LogP contribution in [0.3, 0.4) is 0 Å². The molecular formula is C14H22N2O2. The zero-order valence-electron chi connectivity index (χ0n) is 10.9. The van der Waals surface area contributed by atoms with E-state index in [0.29, 0.717) is 6.54 Å². The highest BCUT2D eigenvalue weighted by atomic mass is 16.3. The first-order valence-corrected chi connectivity index (χ1v) is 6.84. The van der Waals surface area contributed by atoms with E-state index in [9.17, 15) is 9.90 Å². The molecule has 1 heterocycles. The van der Waals surface area contributed by atoms with Gasteiger partial charge in [0, 0.05) is 24.3 Å². The Morgan fingerprint density at radius 2 is 2.39 bits per heavy atom. The topological polar surface area (TPSA) is 65.1 Å². The molecule has 3 N–H and O–H groups in total. The average molecular weight is 250 g/mol. The molecule has 0 radical (unpaired) electrons. The predicted octanol–water partition coefficient (Wildman–Crippen LogP) is 1.50. The lowest BCUT2D eigenvalue weighted by Crippen LogP contribution is -2.33. The molecule has 0 bridgehead atoms. The molecule has 1 aliphatic rings. The van der Waals surface area contributed by atoms with Gasteiger partial charge in [0.25, 0.3) is 0 Å². The minimum absolute atomic E-state index is 0.0274. The van der Waals surface area contributed by atoms with Crippen LogP contribution in [0.4, 0.5) is 0 Å². The molecule has 0 fully saturated rings. The number of rotatable bonds is 5. The van der Waals surface area contributed by atoms with E-state index < -0.39 is 0 Å². The Morgan fingerprint density at radius 3 is 3.17 bits per heavy atom. The van der Waals surface area contributed by atoms with Gasteiger partial charge in [-0.1, -0.05) is 19.4 Å². The molecule has 0 spiro atoms. The van der Waals surface area contributed by atoms with Crippen molar-refractivity contribution < 1.29 is 5.11 Å². The lowest BCUT2D eigenvalue weighted by atomic mass is 9.91. The first-order valence-electron chi connectivity index (χ1n) is 6.84. The molecule has 0 amide bonds. The van der Waals surface area contributed by atoms with Gasteiger partial charge in [0.15, 0.2) is 0 Å². The second kappa shape index (κ2) is 6.16. The van der Waals surface area contributed by atoms with Gasteiger partial charge in [-0.25, -0.2) is 0 Å². The number of aromatic amines is 1. The van der Waals surface area contributed by atoms with Crippen molar-refractivity contribution in [2.75, 3.05) is 6.54 Å². The number of pyridine rings is 1. The number of H-pyrrole nitrogens is 1. The van der Waals surface area contributed by atoms with Crippen molar-refractivity contribution in [2.24, 2.45) is 0 Å². The lowest BCUT2D eigenvalue weighted by Gasteiger charge is -2.27. The molecule has 4 nitrogen and oxygen atoms in total. The molecule has 2 atom stereocenters. The number of nitrogens with one attached hydrogen (secondary N) is 2. The fourth-order valence-electron chi connectivity index (χ4n) is 2.63. The van der Waals surface area contributed by atoms with Crippen LogP contribution in [0.15, 0.2) is 16.9 Å². The molecule has 18 heavy (non-hydrogen) atoms. The fourth-order valence-corrected chi connectivity index (χ4v) is 2.63. The van der Waals surface area contributed by atoms with E-state index >= 15 is 0 Å². The highest BCUT2D eigenvalue weighted by molar-refractivity contribution is 5.26. The van der Waals surface area contributed by atoms with Crippen LogP contribution in [0.5, 0.6) is 0 Å². The zero-order chi connectivity index (χ0) is 13.0. The molecule has 2 unspecified atom stereocenters. The van der Waals surface area contributed by atoms with Crippen LogP contribution in [0.1, 0.15) is 49.9 Å². The Kier molecular flexibility index (Phi) is 4.55. The number of aliphatic hydroxyl groups is 1. The zero-order valence-corrected chi connectivity index (χ0v) is 10.9. The normalized spacial score (nSPS) is 20.4. The van der Waals surface area contributed by atoms with Crippen LogP contribution in [0.25, 0.3) is 0 Å². The van der Waals surface area contributed by atoms with Crippen LogP contribution < -0.4 is 10.9 Å². The summed E-state index contributed by atoms with van der Waals surface area (Å²) in [5.74, 6) is 0. The van der Waals surface area contributed by atoms with Gasteiger partial charge in [-0.15, -0.1) is 0 Å². The Hall–Kier alpha value is -1.13. The second-order valence-electron chi connectivity index (χ2n) is 5.05. The first-order chi connectivity index (χ1) is 8.70. The van der Waals surface area contributed by atoms with Gasteiger partial charge < -0.3 is 15.4 Å². The van der Waals surface area contributed by atoms with Crippen molar-refractivity contribution in [3.05, 3.63) is 33.7 Å². The summed E-state index contributed by atoms with van der Waals surface area (Å²) in [5.41, 5.74) is 2.21. The number of fused-ring (bicyclic) bond motifs is 1. The van der Waals surface area contributed by atoms with Gasteiger partial charge in [-0.3, -0.25) is 4.79 Å². The molecule has 1 aliphatic carbocycles. The Morgan fingerprint density at radius 1 is 1.56 bits per heavy atom. The molecular weight excluding hydrogens is 228 g/mol. The van der Waals surface area contributed by atoms with E-state index in [1.165, 1.54) is 5.56 Å². The molecule has 0 aromatic carbocycles. The van der Waals surface area contributed by atoms with E-state index in [2.05, 4.69) is 17.2 Å². The summed E-state index contributed by atoms with van der Waals surface area (Å²) in [4.78, 5) is 14.2. The summed E-state index contributed by atoms with van der Waals surface area (Å²) in [6, 6.07) is 3.76. The number of aliphatic hydroxyl groups excluding tert-OH is 1. The summed E-state index contributed by atoms with van der Waals surface area (Å²) in [7, 11) is 0. The van der Waals surface area contributed by atoms with Crippen molar-refractivity contribution in [2.45, 2.75) is 51.2 Å². The largest absolute Gasteiger partial charge is 0.392 e. The quantitative estimate of drug-likeness (QED) is 0.742. The minimum atomic E-state index is -0.275. The van der Waals surface area contributed by atoms with Crippen LogP contribution in [-0.4, -0.2) is 22.7 Å². The molecule has 1 aromatic heterocycles. The molecule has 4 heteroatoms. The third-order valence-electron chi connectivity index (χ3n) is 3.55. The number of aryl methyl sites for hydroxylation is 1. The molecule has 2 rings (SSSR count). The van der Waals surface area contributed by atoms with Crippen LogP contribution in [0.2, 0.25) is 0 Å². The monoisotopic (exact) mass is 250 g/mol. The van der Waals surface area contributed by atoms with Gasteiger partial charge in [0.2, 0.25) is 5.56 Å². The number of hydrogen-bond donors (Lipinski definition) is 3. The highest BCUT2D eigenvalue weighted by Crippen LogP contribution is 2.27. The first kappa shape index (κ1) is 13.3. The SMILES string of the molecule is CCCC(O)CNC1CCCc2[nH]c(=O)ccc21. The predicted molar refractivity (Wildman–Crippen MR) is 71.7 cm³/mol. The summed E-state index contributed by atoms with van der Waals surface area (Å²) in [6.45, 7) is 2.70. The number of aromatic nitrogens is 1.